The van der Waals surface area contributed by atoms with E-state index in [0.29, 0.717) is 12.6 Å². The molecule has 4 heteroatoms. The normalized spacial score (nSPS) is 16.6. The van der Waals surface area contributed by atoms with Crippen LogP contribution < -0.4 is 10.2 Å². The van der Waals surface area contributed by atoms with Gasteiger partial charge in [0.05, 0.1) is 6.54 Å². The maximum Gasteiger partial charge on any atom is 0.240 e. The van der Waals surface area contributed by atoms with Crippen LogP contribution in [0.4, 0.5) is 5.69 Å². The second-order valence-corrected chi connectivity index (χ2v) is 5.18. The number of para-hydroxylation sites is 1. The van der Waals surface area contributed by atoms with E-state index in [0.717, 1.165) is 31.6 Å². The van der Waals surface area contributed by atoms with E-state index < -0.39 is 0 Å². The zero-order valence-corrected chi connectivity index (χ0v) is 11.8. The fourth-order valence-corrected chi connectivity index (χ4v) is 2.49. The van der Waals surface area contributed by atoms with Gasteiger partial charge in [0.2, 0.25) is 5.91 Å². The summed E-state index contributed by atoms with van der Waals surface area (Å²) in [4.78, 5) is 16.2. The van der Waals surface area contributed by atoms with Crippen LogP contribution in [-0.2, 0) is 4.79 Å². The number of hydrogen-bond donors (Lipinski definition) is 1. The van der Waals surface area contributed by atoms with Crippen LogP contribution in [0.15, 0.2) is 30.3 Å². The SMILES string of the molecule is CN(C(=O)CN(C)C1CCNCC1)c1ccccc1. The van der Waals surface area contributed by atoms with Gasteiger partial charge in [-0.15, -0.1) is 0 Å². The van der Waals surface area contributed by atoms with Crippen molar-refractivity contribution in [3.05, 3.63) is 30.3 Å². The van der Waals surface area contributed by atoms with Crippen LogP contribution in [0.2, 0.25) is 0 Å². The first-order valence-electron chi connectivity index (χ1n) is 6.91. The van der Waals surface area contributed by atoms with E-state index in [1.54, 1.807) is 4.90 Å². The number of likely N-dealkylation sites (N-methyl/N-ethyl adjacent to an activating group) is 2. The molecular weight excluding hydrogens is 238 g/mol. The molecule has 19 heavy (non-hydrogen) atoms. The molecule has 0 bridgehead atoms. The molecule has 104 valence electrons. The molecule has 1 aliphatic rings. The van der Waals surface area contributed by atoms with Crippen molar-refractivity contribution >= 4 is 11.6 Å². The van der Waals surface area contributed by atoms with Gasteiger partial charge in [-0.25, -0.2) is 0 Å². The molecule has 0 atom stereocenters. The second-order valence-electron chi connectivity index (χ2n) is 5.18. The lowest BCUT2D eigenvalue weighted by Crippen LogP contribution is -2.45. The van der Waals surface area contributed by atoms with Gasteiger partial charge in [0.15, 0.2) is 0 Å². The number of benzene rings is 1. The molecule has 0 aliphatic carbocycles. The van der Waals surface area contributed by atoms with Crippen LogP contribution in [0.1, 0.15) is 12.8 Å². The Balaban J connectivity index is 1.89. The summed E-state index contributed by atoms with van der Waals surface area (Å²) >= 11 is 0. The van der Waals surface area contributed by atoms with Crippen LogP contribution in [-0.4, -0.2) is 50.6 Å². The quantitative estimate of drug-likeness (QED) is 0.888. The largest absolute Gasteiger partial charge is 0.317 e. The molecule has 0 unspecified atom stereocenters. The molecular formula is C15H23N3O. The Morgan fingerprint density at radius 3 is 2.47 bits per heavy atom. The van der Waals surface area contributed by atoms with Crippen molar-refractivity contribution in [2.24, 2.45) is 0 Å². The number of nitrogens with one attached hydrogen (secondary N) is 1. The minimum atomic E-state index is 0.146. The Bertz CT molecular complexity index is 401. The highest BCUT2D eigenvalue weighted by molar-refractivity contribution is 5.94. The molecule has 1 aromatic rings. The van der Waals surface area contributed by atoms with Crippen molar-refractivity contribution in [1.29, 1.82) is 0 Å². The lowest BCUT2D eigenvalue weighted by atomic mass is 10.1. The third kappa shape index (κ3) is 3.78. The topological polar surface area (TPSA) is 35.6 Å². The molecule has 0 aromatic heterocycles. The molecule has 1 N–H and O–H groups in total. The predicted molar refractivity (Wildman–Crippen MR) is 78.4 cm³/mol. The zero-order chi connectivity index (χ0) is 13.7. The van der Waals surface area contributed by atoms with Gasteiger partial charge in [0.1, 0.15) is 0 Å². The molecule has 0 radical (unpaired) electrons. The summed E-state index contributed by atoms with van der Waals surface area (Å²) in [6, 6.07) is 10.3. The monoisotopic (exact) mass is 261 g/mol. The Labute approximate surface area is 115 Å². The predicted octanol–water partition coefficient (Wildman–Crippen LogP) is 1.33. The number of carbonyl (C=O) groups excluding carboxylic acids is 1. The van der Waals surface area contributed by atoms with Crippen LogP contribution in [0.5, 0.6) is 0 Å². The summed E-state index contributed by atoms with van der Waals surface area (Å²) in [6.45, 7) is 2.59. The minimum absolute atomic E-state index is 0.146. The van der Waals surface area contributed by atoms with E-state index in [1.165, 1.54) is 0 Å². The standard InChI is InChI=1S/C15H23N3O/c1-17(13-8-10-16-11-9-13)12-15(19)18(2)14-6-4-3-5-7-14/h3-7,13,16H,8-12H2,1-2H3. The average molecular weight is 261 g/mol. The number of amides is 1. The third-order valence-corrected chi connectivity index (χ3v) is 3.83. The Morgan fingerprint density at radius 1 is 1.21 bits per heavy atom. The van der Waals surface area contributed by atoms with E-state index in [4.69, 9.17) is 0 Å². The first-order valence-corrected chi connectivity index (χ1v) is 6.91. The molecule has 1 saturated heterocycles. The van der Waals surface area contributed by atoms with Crippen LogP contribution >= 0.6 is 0 Å². The number of nitrogens with zero attached hydrogens (tertiary/aromatic N) is 2. The third-order valence-electron chi connectivity index (χ3n) is 3.83. The highest BCUT2D eigenvalue weighted by atomic mass is 16.2. The van der Waals surface area contributed by atoms with E-state index in [9.17, 15) is 4.79 Å². The molecule has 1 fully saturated rings. The summed E-state index contributed by atoms with van der Waals surface area (Å²) in [5.41, 5.74) is 0.950. The van der Waals surface area contributed by atoms with Gasteiger partial charge in [0, 0.05) is 18.8 Å². The van der Waals surface area contributed by atoms with Crippen LogP contribution in [0.3, 0.4) is 0 Å². The summed E-state index contributed by atoms with van der Waals surface area (Å²) in [5, 5.41) is 3.35. The lowest BCUT2D eigenvalue weighted by Gasteiger charge is -2.32. The smallest absolute Gasteiger partial charge is 0.240 e. The summed E-state index contributed by atoms with van der Waals surface area (Å²) in [7, 11) is 3.89. The first kappa shape index (κ1) is 14.0. The van der Waals surface area contributed by atoms with Gasteiger partial charge >= 0.3 is 0 Å². The van der Waals surface area contributed by atoms with Gasteiger partial charge in [0.25, 0.3) is 0 Å². The lowest BCUT2D eigenvalue weighted by molar-refractivity contribution is -0.119. The van der Waals surface area contributed by atoms with Crippen molar-refractivity contribution in [3.8, 4) is 0 Å². The minimum Gasteiger partial charge on any atom is -0.317 e. The molecule has 1 aromatic carbocycles. The van der Waals surface area contributed by atoms with Crippen molar-refractivity contribution < 1.29 is 4.79 Å². The number of hydrogen-bond acceptors (Lipinski definition) is 3. The maximum absolute atomic E-state index is 12.3. The van der Waals surface area contributed by atoms with E-state index in [-0.39, 0.29) is 5.91 Å². The molecule has 1 amide bonds. The van der Waals surface area contributed by atoms with E-state index in [1.807, 2.05) is 44.4 Å². The average Bonchev–Trinajstić information content (AvgIpc) is 2.48. The van der Waals surface area contributed by atoms with Crippen molar-refractivity contribution in [1.82, 2.24) is 10.2 Å². The van der Waals surface area contributed by atoms with Crippen molar-refractivity contribution in [3.63, 3.8) is 0 Å². The van der Waals surface area contributed by atoms with Crippen molar-refractivity contribution in [2.75, 3.05) is 38.6 Å². The van der Waals surface area contributed by atoms with E-state index in [2.05, 4.69) is 10.2 Å². The molecule has 1 heterocycles. The Kier molecular flexibility index (Phi) is 4.93. The fraction of sp³-hybridized carbons (Fsp3) is 0.533. The molecule has 1 aliphatic heterocycles. The second kappa shape index (κ2) is 6.68. The van der Waals surface area contributed by atoms with Gasteiger partial charge in [-0.3, -0.25) is 9.69 Å². The van der Waals surface area contributed by atoms with Gasteiger partial charge in [-0.1, -0.05) is 18.2 Å². The summed E-state index contributed by atoms with van der Waals surface area (Å²) in [5.74, 6) is 0.146. The van der Waals surface area contributed by atoms with Crippen LogP contribution in [0.25, 0.3) is 0 Å². The molecule has 0 spiro atoms. The van der Waals surface area contributed by atoms with Crippen molar-refractivity contribution in [2.45, 2.75) is 18.9 Å². The Hall–Kier alpha value is -1.39. The van der Waals surface area contributed by atoms with E-state index >= 15 is 0 Å². The van der Waals surface area contributed by atoms with Crippen LogP contribution in [0, 0.1) is 0 Å². The maximum atomic E-state index is 12.3. The summed E-state index contributed by atoms with van der Waals surface area (Å²) in [6.07, 6.45) is 2.25. The molecule has 2 rings (SSSR count). The number of carbonyl (C=O) groups is 1. The van der Waals surface area contributed by atoms with Gasteiger partial charge in [-0.2, -0.15) is 0 Å². The number of anilines is 1. The molecule has 0 saturated carbocycles. The fourth-order valence-electron chi connectivity index (χ4n) is 2.49. The van der Waals surface area contributed by atoms with Gasteiger partial charge < -0.3 is 10.2 Å². The number of piperidine rings is 1. The highest BCUT2D eigenvalue weighted by Crippen LogP contribution is 2.13. The Morgan fingerprint density at radius 2 is 1.84 bits per heavy atom. The summed E-state index contributed by atoms with van der Waals surface area (Å²) < 4.78 is 0. The zero-order valence-electron chi connectivity index (χ0n) is 11.8. The molecule has 4 nitrogen and oxygen atoms in total. The number of rotatable bonds is 4. The first-order chi connectivity index (χ1) is 9.18. The highest BCUT2D eigenvalue weighted by Gasteiger charge is 2.21. The van der Waals surface area contributed by atoms with Gasteiger partial charge in [-0.05, 0) is 45.1 Å².